The molecule has 0 aliphatic heterocycles. The first-order valence-electron chi connectivity index (χ1n) is 18.5. The van der Waals surface area contributed by atoms with E-state index in [1.807, 2.05) is 0 Å². The third kappa shape index (κ3) is 5.06. The van der Waals surface area contributed by atoms with Crippen molar-refractivity contribution in [1.82, 2.24) is 19.1 Å². The van der Waals surface area contributed by atoms with Crippen molar-refractivity contribution >= 4 is 43.6 Å². The van der Waals surface area contributed by atoms with Crippen molar-refractivity contribution < 1.29 is 0 Å². The van der Waals surface area contributed by atoms with E-state index in [1.54, 1.807) is 0 Å². The lowest BCUT2D eigenvalue weighted by atomic mass is 9.83. The van der Waals surface area contributed by atoms with Gasteiger partial charge in [-0.25, -0.2) is 9.97 Å². The van der Waals surface area contributed by atoms with Gasteiger partial charge in [-0.3, -0.25) is 0 Å². The van der Waals surface area contributed by atoms with Crippen LogP contribution in [0.5, 0.6) is 0 Å². The Labute approximate surface area is 314 Å². The molecule has 2 aromatic heterocycles. The molecule has 4 heteroatoms. The zero-order valence-corrected chi connectivity index (χ0v) is 30.8. The molecule has 0 radical (unpaired) electrons. The molecule has 0 unspecified atom stereocenters. The lowest BCUT2D eigenvalue weighted by Gasteiger charge is -2.20. The van der Waals surface area contributed by atoms with Gasteiger partial charge in [0.05, 0.1) is 22.1 Å². The Morgan fingerprint density at radius 3 is 1.39 bits per heavy atom. The predicted octanol–water partition coefficient (Wildman–Crippen LogP) is 12.7. The minimum Gasteiger partial charge on any atom is -0.331 e. The lowest BCUT2D eigenvalue weighted by molar-refractivity contribution is 0.886. The number of hydrogen-bond acceptors (Lipinski definition) is 2. The molecule has 0 saturated carbocycles. The van der Waals surface area contributed by atoms with E-state index in [9.17, 15) is 0 Å². The molecule has 8 aromatic carbocycles. The SMILES string of the molecule is Cc1nc2ccc(-c3cccc4c(-c5ccc(-c6ccccc6)cc5-c5ccccc5)c5cccc(-c6ccc7nc(C)n(C)c7c6)c5cc34)cc2n1C. The van der Waals surface area contributed by atoms with Gasteiger partial charge in [0.2, 0.25) is 0 Å². The molecule has 0 bridgehead atoms. The molecule has 0 aliphatic carbocycles. The van der Waals surface area contributed by atoms with Crippen LogP contribution in [0.1, 0.15) is 11.6 Å². The van der Waals surface area contributed by atoms with Crippen LogP contribution in [-0.2, 0) is 14.1 Å². The van der Waals surface area contributed by atoms with Gasteiger partial charge >= 0.3 is 0 Å². The van der Waals surface area contributed by atoms with Gasteiger partial charge in [-0.05, 0) is 127 Å². The molecule has 4 nitrogen and oxygen atoms in total. The van der Waals surface area contributed by atoms with Gasteiger partial charge < -0.3 is 9.13 Å². The number of aryl methyl sites for hydroxylation is 4. The zero-order chi connectivity index (χ0) is 36.5. The molecule has 0 fully saturated rings. The van der Waals surface area contributed by atoms with Gasteiger partial charge in [0.25, 0.3) is 0 Å². The summed E-state index contributed by atoms with van der Waals surface area (Å²) in [6, 6.07) is 57.9. The molecule has 0 saturated heterocycles. The van der Waals surface area contributed by atoms with Crippen LogP contribution in [0.4, 0.5) is 0 Å². The summed E-state index contributed by atoms with van der Waals surface area (Å²) in [5.41, 5.74) is 16.3. The van der Waals surface area contributed by atoms with Crippen molar-refractivity contribution in [2.45, 2.75) is 13.8 Å². The Morgan fingerprint density at radius 1 is 0.352 bits per heavy atom. The molecule has 0 spiro atoms. The Hall–Kier alpha value is -6.78. The summed E-state index contributed by atoms with van der Waals surface area (Å²) in [4.78, 5) is 9.61. The van der Waals surface area contributed by atoms with Crippen LogP contribution in [0.15, 0.2) is 158 Å². The highest BCUT2D eigenvalue weighted by Crippen LogP contribution is 2.47. The Kier molecular flexibility index (Phi) is 7.34. The summed E-state index contributed by atoms with van der Waals surface area (Å²) in [5.74, 6) is 2.01. The fourth-order valence-corrected chi connectivity index (χ4v) is 8.35. The Balaban J connectivity index is 1.32. The van der Waals surface area contributed by atoms with Crippen LogP contribution >= 0.6 is 0 Å². The Bertz CT molecular complexity index is 2930. The second kappa shape index (κ2) is 12.4. The summed E-state index contributed by atoms with van der Waals surface area (Å²) < 4.78 is 4.36. The smallest absolute Gasteiger partial charge is 0.106 e. The van der Waals surface area contributed by atoms with Crippen LogP contribution in [0, 0.1) is 13.8 Å². The molecule has 54 heavy (non-hydrogen) atoms. The minimum atomic E-state index is 1.01. The first kappa shape index (κ1) is 31.9. The number of rotatable bonds is 5. The van der Waals surface area contributed by atoms with Gasteiger partial charge in [-0.15, -0.1) is 0 Å². The minimum absolute atomic E-state index is 1.01. The molecule has 0 N–H and O–H groups in total. The third-order valence-electron chi connectivity index (χ3n) is 11.4. The largest absolute Gasteiger partial charge is 0.331 e. The second-order valence-corrected chi connectivity index (χ2v) is 14.4. The van der Waals surface area contributed by atoms with E-state index in [0.29, 0.717) is 0 Å². The van der Waals surface area contributed by atoms with Gasteiger partial charge in [0.1, 0.15) is 11.6 Å². The van der Waals surface area contributed by atoms with Crippen molar-refractivity contribution in [3.8, 4) is 55.6 Å². The molecule has 10 aromatic rings. The number of hydrogen-bond donors (Lipinski definition) is 0. The number of benzene rings is 8. The van der Waals surface area contributed by atoms with Crippen LogP contribution in [0.3, 0.4) is 0 Å². The van der Waals surface area contributed by atoms with Crippen LogP contribution in [0.25, 0.3) is 99.2 Å². The van der Waals surface area contributed by atoms with E-state index in [0.717, 1.165) is 33.7 Å². The van der Waals surface area contributed by atoms with E-state index in [2.05, 4.69) is 195 Å². The maximum absolute atomic E-state index is 4.80. The highest BCUT2D eigenvalue weighted by Gasteiger charge is 2.20. The fraction of sp³-hybridized carbons (Fsp3) is 0.0800. The molecular weight excluding hydrogens is 657 g/mol. The highest BCUT2D eigenvalue weighted by atomic mass is 15.1. The van der Waals surface area contributed by atoms with E-state index < -0.39 is 0 Å². The third-order valence-corrected chi connectivity index (χ3v) is 11.4. The maximum atomic E-state index is 4.80. The first-order valence-corrected chi connectivity index (χ1v) is 18.5. The van der Waals surface area contributed by atoms with Crippen LogP contribution < -0.4 is 0 Å². The van der Waals surface area contributed by atoms with E-state index in [-0.39, 0.29) is 0 Å². The van der Waals surface area contributed by atoms with Gasteiger partial charge in [-0.2, -0.15) is 0 Å². The maximum Gasteiger partial charge on any atom is 0.106 e. The molecule has 258 valence electrons. The van der Waals surface area contributed by atoms with E-state index >= 15 is 0 Å². The molecule has 0 amide bonds. The van der Waals surface area contributed by atoms with Crippen molar-refractivity contribution in [2.24, 2.45) is 14.1 Å². The number of imidazole rings is 2. The van der Waals surface area contributed by atoms with Crippen molar-refractivity contribution in [3.05, 3.63) is 169 Å². The normalized spacial score (nSPS) is 11.7. The highest BCUT2D eigenvalue weighted by molar-refractivity contribution is 6.20. The van der Waals surface area contributed by atoms with Gasteiger partial charge in [-0.1, -0.05) is 121 Å². The average Bonchev–Trinajstić information content (AvgIpc) is 3.67. The van der Waals surface area contributed by atoms with Gasteiger partial charge in [0.15, 0.2) is 0 Å². The fourth-order valence-electron chi connectivity index (χ4n) is 8.35. The summed E-state index contributed by atoms with van der Waals surface area (Å²) in [6.45, 7) is 4.13. The average molecular weight is 695 g/mol. The van der Waals surface area contributed by atoms with Crippen molar-refractivity contribution in [1.29, 1.82) is 0 Å². The molecule has 0 atom stereocenters. The van der Waals surface area contributed by atoms with Crippen LogP contribution in [-0.4, -0.2) is 19.1 Å². The second-order valence-electron chi connectivity index (χ2n) is 14.4. The van der Waals surface area contributed by atoms with E-state index in [4.69, 9.17) is 9.97 Å². The molecule has 10 rings (SSSR count). The summed E-state index contributed by atoms with van der Waals surface area (Å²) in [5, 5.41) is 4.88. The van der Waals surface area contributed by atoms with Gasteiger partial charge in [0, 0.05) is 14.1 Å². The standard InChI is InChI=1S/C50H38N4/c1-31-51-46-25-22-36(28-48(46)53(31)3)38-17-11-19-40-44(38)30-45-39(37-23-26-47-49(29-37)54(4)32(2)52-47)18-12-20-41(45)50(40)42-24-21-35(33-13-7-5-8-14-33)27-43(42)34-15-9-6-10-16-34/h5-30H,1-4H3. The number of fused-ring (bicyclic) bond motifs is 4. The molecule has 0 aliphatic rings. The summed E-state index contributed by atoms with van der Waals surface area (Å²) in [6.07, 6.45) is 0. The summed E-state index contributed by atoms with van der Waals surface area (Å²) in [7, 11) is 4.19. The monoisotopic (exact) mass is 694 g/mol. The lowest BCUT2D eigenvalue weighted by Crippen LogP contribution is -1.94. The number of nitrogens with zero attached hydrogens (tertiary/aromatic N) is 4. The van der Waals surface area contributed by atoms with Crippen LogP contribution in [0.2, 0.25) is 0 Å². The van der Waals surface area contributed by atoms with Crippen molar-refractivity contribution in [2.75, 3.05) is 0 Å². The molecular formula is C50H38N4. The Morgan fingerprint density at radius 2 is 0.852 bits per heavy atom. The first-order chi connectivity index (χ1) is 26.4. The van der Waals surface area contributed by atoms with E-state index in [1.165, 1.54) is 77.2 Å². The topological polar surface area (TPSA) is 35.6 Å². The van der Waals surface area contributed by atoms with Crippen molar-refractivity contribution in [3.63, 3.8) is 0 Å². The predicted molar refractivity (Wildman–Crippen MR) is 227 cm³/mol. The quantitative estimate of drug-likeness (QED) is 0.168. The number of aromatic nitrogens is 4. The zero-order valence-electron chi connectivity index (χ0n) is 30.8. The molecule has 2 heterocycles. The summed E-state index contributed by atoms with van der Waals surface area (Å²) >= 11 is 0.